The molecule has 0 saturated heterocycles. The molecule has 0 N–H and O–H groups in total. The van der Waals surface area contributed by atoms with E-state index in [1.165, 1.54) is 87.2 Å². The van der Waals surface area contributed by atoms with Crippen LogP contribution in [0.25, 0.3) is 142 Å². The molecule has 0 aliphatic rings. The number of hydrogen-bond acceptors (Lipinski definition) is 2. The molecule has 0 bridgehead atoms. The summed E-state index contributed by atoms with van der Waals surface area (Å²) in [5.41, 5.74) is 13.1. The third-order valence-corrected chi connectivity index (χ3v) is 13.6. The van der Waals surface area contributed by atoms with E-state index in [1.54, 1.807) is 0 Å². The van der Waals surface area contributed by atoms with E-state index in [0.29, 0.717) is 0 Å². The zero-order valence-electron chi connectivity index (χ0n) is 34.6. The van der Waals surface area contributed by atoms with Crippen molar-refractivity contribution in [3.8, 4) is 44.5 Å². The minimum absolute atomic E-state index is 0.907. The summed E-state index contributed by atoms with van der Waals surface area (Å²) in [7, 11) is 0. The van der Waals surface area contributed by atoms with Crippen LogP contribution in [0.3, 0.4) is 0 Å². The summed E-state index contributed by atoms with van der Waals surface area (Å²) in [6.45, 7) is 0. The molecule has 12 aromatic carbocycles. The van der Waals surface area contributed by atoms with Crippen molar-refractivity contribution < 1.29 is 8.83 Å². The average Bonchev–Trinajstić information content (AvgIpc) is 3.94. The van der Waals surface area contributed by atoms with Gasteiger partial charge in [-0.2, -0.15) is 0 Å². The zero-order chi connectivity index (χ0) is 41.9. The molecule has 0 atom stereocenters. The lowest BCUT2D eigenvalue weighted by molar-refractivity contribution is 0.669. The van der Waals surface area contributed by atoms with Crippen LogP contribution in [-0.2, 0) is 0 Å². The molecule has 0 aliphatic carbocycles. The van der Waals surface area contributed by atoms with Crippen molar-refractivity contribution in [3.05, 3.63) is 218 Å². The van der Waals surface area contributed by atoms with E-state index in [2.05, 4.69) is 206 Å². The molecular formula is C62H36O2. The van der Waals surface area contributed by atoms with E-state index >= 15 is 0 Å². The predicted molar refractivity (Wildman–Crippen MR) is 270 cm³/mol. The summed E-state index contributed by atoms with van der Waals surface area (Å²) in [5, 5.41) is 16.7. The van der Waals surface area contributed by atoms with E-state index in [4.69, 9.17) is 8.83 Å². The number of fused-ring (bicyclic) bond motifs is 11. The Morgan fingerprint density at radius 1 is 0.219 bits per heavy atom. The number of rotatable bonds is 4. The van der Waals surface area contributed by atoms with Gasteiger partial charge in [-0.15, -0.1) is 0 Å². The van der Waals surface area contributed by atoms with Crippen molar-refractivity contribution in [1.82, 2.24) is 0 Å². The monoisotopic (exact) mass is 812 g/mol. The van der Waals surface area contributed by atoms with Gasteiger partial charge >= 0.3 is 0 Å². The molecule has 0 fully saturated rings. The van der Waals surface area contributed by atoms with Crippen molar-refractivity contribution in [1.29, 1.82) is 0 Å². The second-order valence-electron chi connectivity index (χ2n) is 17.0. The van der Waals surface area contributed by atoms with Crippen LogP contribution in [-0.4, -0.2) is 0 Å². The molecule has 0 aliphatic heterocycles. The van der Waals surface area contributed by atoms with Crippen molar-refractivity contribution in [3.63, 3.8) is 0 Å². The summed E-state index contributed by atoms with van der Waals surface area (Å²) in [6, 6.07) is 79.3. The molecular weight excluding hydrogens is 777 g/mol. The highest BCUT2D eigenvalue weighted by Gasteiger charge is 2.22. The molecule has 14 aromatic rings. The Kier molecular flexibility index (Phi) is 7.43. The third kappa shape index (κ3) is 5.02. The van der Waals surface area contributed by atoms with E-state index in [0.717, 1.165) is 55.0 Å². The van der Waals surface area contributed by atoms with Gasteiger partial charge in [0, 0.05) is 43.8 Å². The number of hydrogen-bond donors (Lipinski definition) is 0. The van der Waals surface area contributed by atoms with Crippen LogP contribution in [0.5, 0.6) is 0 Å². The van der Waals surface area contributed by atoms with Gasteiger partial charge in [-0.3, -0.25) is 0 Å². The average molecular weight is 813 g/mol. The second kappa shape index (κ2) is 13.5. The van der Waals surface area contributed by atoms with E-state index in [9.17, 15) is 0 Å². The summed E-state index contributed by atoms with van der Waals surface area (Å²) < 4.78 is 13.3. The number of furan rings is 2. The van der Waals surface area contributed by atoms with E-state index < -0.39 is 0 Å². The summed E-state index contributed by atoms with van der Waals surface area (Å²) in [4.78, 5) is 0. The van der Waals surface area contributed by atoms with Crippen LogP contribution in [0, 0.1) is 0 Å². The smallest absolute Gasteiger partial charge is 0.143 e. The Balaban J connectivity index is 0.953. The fourth-order valence-electron chi connectivity index (χ4n) is 10.9. The minimum atomic E-state index is 0.907. The lowest BCUT2D eigenvalue weighted by atomic mass is 9.84. The molecule has 0 spiro atoms. The normalized spacial score (nSPS) is 12.1. The highest BCUT2D eigenvalue weighted by molar-refractivity contribution is 6.26. The molecule has 2 aromatic heterocycles. The Labute approximate surface area is 367 Å². The maximum Gasteiger partial charge on any atom is 0.143 e. The van der Waals surface area contributed by atoms with Gasteiger partial charge in [0.25, 0.3) is 0 Å². The van der Waals surface area contributed by atoms with Crippen LogP contribution in [0.2, 0.25) is 0 Å². The molecule has 2 heteroatoms. The minimum Gasteiger partial charge on any atom is -0.455 e. The Morgan fingerprint density at radius 3 is 0.875 bits per heavy atom. The maximum absolute atomic E-state index is 6.64. The first kappa shape index (κ1) is 35.2. The largest absolute Gasteiger partial charge is 0.455 e. The fraction of sp³-hybridized carbons (Fsp3) is 0. The van der Waals surface area contributed by atoms with Gasteiger partial charge in [0.15, 0.2) is 0 Å². The van der Waals surface area contributed by atoms with Crippen LogP contribution in [0.15, 0.2) is 227 Å². The predicted octanol–water partition coefficient (Wildman–Crippen LogP) is 17.9. The molecule has 64 heavy (non-hydrogen) atoms. The zero-order valence-corrected chi connectivity index (χ0v) is 34.6. The third-order valence-electron chi connectivity index (χ3n) is 13.6. The highest BCUT2D eigenvalue weighted by Crippen LogP contribution is 2.49. The summed E-state index contributed by atoms with van der Waals surface area (Å²) in [6.07, 6.45) is 0. The second-order valence-corrected chi connectivity index (χ2v) is 17.0. The highest BCUT2D eigenvalue weighted by atomic mass is 16.3. The number of benzene rings is 12. The van der Waals surface area contributed by atoms with Gasteiger partial charge in [0.1, 0.15) is 22.3 Å². The molecule has 296 valence electrons. The van der Waals surface area contributed by atoms with E-state index in [1.807, 2.05) is 12.1 Å². The van der Waals surface area contributed by atoms with Crippen LogP contribution in [0.1, 0.15) is 0 Å². The lowest BCUT2D eigenvalue weighted by Gasteiger charge is -2.19. The van der Waals surface area contributed by atoms with Crippen molar-refractivity contribution in [2.45, 2.75) is 0 Å². The first-order valence-corrected chi connectivity index (χ1v) is 22.0. The van der Waals surface area contributed by atoms with Crippen molar-refractivity contribution in [2.75, 3.05) is 0 Å². The lowest BCUT2D eigenvalue weighted by Crippen LogP contribution is -1.92. The fourth-order valence-corrected chi connectivity index (χ4v) is 10.9. The van der Waals surface area contributed by atoms with Crippen LogP contribution < -0.4 is 0 Å². The van der Waals surface area contributed by atoms with Gasteiger partial charge in [0.2, 0.25) is 0 Å². The Bertz CT molecular complexity index is 3870. The van der Waals surface area contributed by atoms with Gasteiger partial charge < -0.3 is 8.83 Å². The Hall–Kier alpha value is -8.46. The summed E-state index contributed by atoms with van der Waals surface area (Å²) in [5.74, 6) is 0. The molecule has 0 unspecified atom stereocenters. The first-order chi connectivity index (χ1) is 31.8. The van der Waals surface area contributed by atoms with E-state index in [-0.39, 0.29) is 0 Å². The number of para-hydroxylation sites is 4. The molecule has 0 amide bonds. The molecule has 0 saturated carbocycles. The van der Waals surface area contributed by atoms with Gasteiger partial charge in [-0.05, 0) is 100 Å². The topological polar surface area (TPSA) is 26.3 Å². The Morgan fingerprint density at radius 2 is 0.516 bits per heavy atom. The van der Waals surface area contributed by atoms with Gasteiger partial charge in [-0.1, -0.05) is 194 Å². The molecule has 14 rings (SSSR count). The standard InChI is InChI=1S/C62H36O2/c1-5-21-47-43(17-1)57(44-18-2-6-22-48(44)59(47)53-27-13-25-51-41-15-9-11-29-55(41)63-61(51)53)39-33-31-38-36-40(34-32-37(38)35-39)58-45-19-3-7-23-49(45)60(50-24-8-4-20-46(50)58)54-28-14-26-52-42-16-10-12-30-56(42)64-62(52)54/h1-36H. The first-order valence-electron chi connectivity index (χ1n) is 22.0. The molecule has 0 radical (unpaired) electrons. The SMILES string of the molecule is c1ccc2c(c1)oc1c(-c3c4ccccc4c(-c4ccc5cc(-c6c7ccccc7c(-c7cccc8c7oc7ccccc78)c7ccccc67)ccc5c4)c4ccccc34)cccc12. The van der Waals surface area contributed by atoms with Crippen molar-refractivity contribution in [2.24, 2.45) is 0 Å². The maximum atomic E-state index is 6.64. The molecule has 2 heterocycles. The van der Waals surface area contributed by atoms with Crippen molar-refractivity contribution >= 4 is 97.7 Å². The van der Waals surface area contributed by atoms with Crippen LogP contribution in [0.4, 0.5) is 0 Å². The van der Waals surface area contributed by atoms with Crippen LogP contribution >= 0.6 is 0 Å². The molecule has 2 nitrogen and oxygen atoms in total. The quantitative estimate of drug-likeness (QED) is 0.166. The summed E-state index contributed by atoms with van der Waals surface area (Å²) >= 11 is 0. The van der Waals surface area contributed by atoms with Gasteiger partial charge in [0.05, 0.1) is 0 Å². The van der Waals surface area contributed by atoms with Gasteiger partial charge in [-0.25, -0.2) is 0 Å².